The number of urea groups is 1. The number of carbonyl (C=O) groups is 1. The van der Waals surface area contributed by atoms with Crippen LogP contribution in [0.3, 0.4) is 0 Å². The van der Waals surface area contributed by atoms with Crippen LogP contribution in [0.15, 0.2) is 78.9 Å². The van der Waals surface area contributed by atoms with Crippen LogP contribution >= 0.6 is 11.9 Å². The summed E-state index contributed by atoms with van der Waals surface area (Å²) >= 11 is 1.26. The van der Waals surface area contributed by atoms with Gasteiger partial charge in [-0.25, -0.2) is 4.79 Å². The summed E-state index contributed by atoms with van der Waals surface area (Å²) in [7, 11) is 0. The number of hydrogen-bond acceptors (Lipinski definition) is 3. The van der Waals surface area contributed by atoms with Crippen molar-refractivity contribution in [1.29, 1.82) is 0 Å². The minimum Gasteiger partial charge on any atom is -0.489 e. The van der Waals surface area contributed by atoms with Crippen molar-refractivity contribution in [3.8, 4) is 16.9 Å². The Kier molecular flexibility index (Phi) is 6.17. The molecule has 3 aromatic rings. The molecule has 0 spiro atoms. The van der Waals surface area contributed by atoms with Gasteiger partial charge in [0, 0.05) is 5.75 Å². The van der Waals surface area contributed by atoms with Crippen LogP contribution in [0.4, 0.5) is 4.79 Å². The zero-order chi connectivity index (χ0) is 18.2. The van der Waals surface area contributed by atoms with Crippen molar-refractivity contribution in [3.05, 3.63) is 90.0 Å². The molecular weight excluding hydrogens is 344 g/mol. The van der Waals surface area contributed by atoms with Gasteiger partial charge < -0.3 is 10.5 Å². The average molecular weight is 364 g/mol. The van der Waals surface area contributed by atoms with E-state index in [2.05, 4.69) is 41.1 Å². The van der Waals surface area contributed by atoms with Crippen molar-refractivity contribution in [2.75, 3.05) is 0 Å². The van der Waals surface area contributed by atoms with E-state index < -0.39 is 6.03 Å². The van der Waals surface area contributed by atoms with Crippen LogP contribution in [0.2, 0.25) is 0 Å². The first-order chi connectivity index (χ1) is 12.7. The van der Waals surface area contributed by atoms with Crippen molar-refractivity contribution in [1.82, 2.24) is 4.72 Å². The topological polar surface area (TPSA) is 64.4 Å². The molecule has 0 saturated heterocycles. The number of ether oxygens (including phenoxy) is 1. The van der Waals surface area contributed by atoms with Crippen LogP contribution < -0.4 is 15.2 Å². The molecule has 0 bridgehead atoms. The van der Waals surface area contributed by atoms with E-state index in [0.29, 0.717) is 12.4 Å². The van der Waals surface area contributed by atoms with Crippen LogP contribution in [0, 0.1) is 0 Å². The van der Waals surface area contributed by atoms with Gasteiger partial charge in [-0.2, -0.15) is 0 Å². The molecule has 0 heterocycles. The number of nitrogens with two attached hydrogens (primary N) is 1. The second-order valence-electron chi connectivity index (χ2n) is 5.75. The second kappa shape index (κ2) is 8.97. The number of rotatable bonds is 7. The summed E-state index contributed by atoms with van der Waals surface area (Å²) in [4.78, 5) is 10.6. The van der Waals surface area contributed by atoms with Crippen LogP contribution in [0.25, 0.3) is 11.1 Å². The molecule has 0 aliphatic rings. The molecule has 3 N–H and O–H groups in total. The van der Waals surface area contributed by atoms with Crippen LogP contribution in [-0.4, -0.2) is 6.03 Å². The van der Waals surface area contributed by atoms with E-state index >= 15 is 0 Å². The van der Waals surface area contributed by atoms with Gasteiger partial charge in [0.1, 0.15) is 12.4 Å². The number of nitrogens with one attached hydrogen (secondary N) is 1. The number of carbonyl (C=O) groups excluding carboxylic acids is 1. The zero-order valence-electron chi connectivity index (χ0n) is 14.2. The largest absolute Gasteiger partial charge is 0.489 e. The van der Waals surface area contributed by atoms with Crippen molar-refractivity contribution in [2.24, 2.45) is 5.73 Å². The average Bonchev–Trinajstić information content (AvgIpc) is 2.68. The van der Waals surface area contributed by atoms with E-state index in [1.165, 1.54) is 23.1 Å². The standard InChI is InChI=1S/C21H20N2O2S/c22-21(24)23-26-15-17-8-12-20(13-9-17)25-14-16-6-10-19(11-7-16)18-4-2-1-3-5-18/h1-13H,14-15H2,(H3,22,23,24). The van der Waals surface area contributed by atoms with E-state index in [1.54, 1.807) is 0 Å². The van der Waals surface area contributed by atoms with Crippen molar-refractivity contribution in [2.45, 2.75) is 12.4 Å². The Hall–Kier alpha value is -2.92. The Labute approximate surface area is 157 Å². The van der Waals surface area contributed by atoms with Gasteiger partial charge in [0.25, 0.3) is 0 Å². The molecular formula is C21H20N2O2S. The maximum absolute atomic E-state index is 10.6. The minimum absolute atomic E-state index is 0.520. The molecule has 0 aliphatic heterocycles. The first-order valence-corrected chi connectivity index (χ1v) is 9.22. The molecule has 0 radical (unpaired) electrons. The highest BCUT2D eigenvalue weighted by molar-refractivity contribution is 7.97. The SMILES string of the molecule is NC(=O)NSCc1ccc(OCc2ccc(-c3ccccc3)cc2)cc1. The molecule has 132 valence electrons. The van der Waals surface area contributed by atoms with Crippen molar-refractivity contribution in [3.63, 3.8) is 0 Å². The predicted molar refractivity (Wildman–Crippen MR) is 107 cm³/mol. The van der Waals surface area contributed by atoms with Crippen LogP contribution in [0.5, 0.6) is 5.75 Å². The molecule has 5 heteroatoms. The number of primary amides is 1. The molecule has 0 unspecified atom stereocenters. The predicted octanol–water partition coefficient (Wildman–Crippen LogP) is 4.75. The lowest BCUT2D eigenvalue weighted by Gasteiger charge is -2.08. The lowest BCUT2D eigenvalue weighted by Crippen LogP contribution is -2.22. The van der Waals surface area contributed by atoms with Gasteiger partial charge in [-0.3, -0.25) is 4.72 Å². The Balaban J connectivity index is 1.51. The molecule has 0 saturated carbocycles. The minimum atomic E-state index is -0.534. The van der Waals surface area contributed by atoms with E-state index in [0.717, 1.165) is 16.9 Å². The normalized spacial score (nSPS) is 10.3. The quantitative estimate of drug-likeness (QED) is 0.595. The van der Waals surface area contributed by atoms with Gasteiger partial charge in [-0.05, 0) is 46.3 Å². The van der Waals surface area contributed by atoms with E-state index in [1.807, 2.05) is 42.5 Å². The lowest BCUT2D eigenvalue weighted by molar-refractivity contribution is 0.254. The van der Waals surface area contributed by atoms with Gasteiger partial charge in [-0.15, -0.1) is 0 Å². The maximum Gasteiger partial charge on any atom is 0.322 e. The summed E-state index contributed by atoms with van der Waals surface area (Å²) in [6.45, 7) is 0.520. The highest BCUT2D eigenvalue weighted by Gasteiger charge is 2.00. The summed E-state index contributed by atoms with van der Waals surface area (Å²) in [6, 6.07) is 26.0. The van der Waals surface area contributed by atoms with E-state index in [4.69, 9.17) is 10.5 Å². The summed E-state index contributed by atoms with van der Waals surface area (Å²) in [5.74, 6) is 1.47. The van der Waals surface area contributed by atoms with E-state index in [-0.39, 0.29) is 0 Å². The third-order valence-corrected chi connectivity index (χ3v) is 4.62. The molecule has 4 nitrogen and oxygen atoms in total. The third-order valence-electron chi connectivity index (χ3n) is 3.80. The summed E-state index contributed by atoms with van der Waals surface area (Å²) in [5, 5.41) is 0. The molecule has 0 fully saturated rings. The molecule has 0 aromatic heterocycles. The van der Waals surface area contributed by atoms with Crippen LogP contribution in [-0.2, 0) is 12.4 Å². The fourth-order valence-electron chi connectivity index (χ4n) is 2.46. The summed E-state index contributed by atoms with van der Waals surface area (Å²) in [5.41, 5.74) is 9.64. The third kappa shape index (κ3) is 5.29. The first-order valence-electron chi connectivity index (χ1n) is 8.24. The Morgan fingerprint density at radius 3 is 2.12 bits per heavy atom. The summed E-state index contributed by atoms with van der Waals surface area (Å²) < 4.78 is 8.33. The highest BCUT2D eigenvalue weighted by Crippen LogP contribution is 2.21. The highest BCUT2D eigenvalue weighted by atomic mass is 32.2. The van der Waals surface area contributed by atoms with Crippen molar-refractivity contribution >= 4 is 18.0 Å². The first kappa shape index (κ1) is 17.9. The van der Waals surface area contributed by atoms with Gasteiger partial charge in [0.15, 0.2) is 0 Å². The monoisotopic (exact) mass is 364 g/mol. The van der Waals surface area contributed by atoms with Gasteiger partial charge >= 0.3 is 6.03 Å². The van der Waals surface area contributed by atoms with Gasteiger partial charge in [0.2, 0.25) is 0 Å². The Morgan fingerprint density at radius 1 is 0.846 bits per heavy atom. The molecule has 3 rings (SSSR count). The molecule has 2 amide bonds. The molecule has 26 heavy (non-hydrogen) atoms. The molecule has 3 aromatic carbocycles. The number of hydrogen-bond donors (Lipinski definition) is 2. The van der Waals surface area contributed by atoms with Gasteiger partial charge in [0.05, 0.1) is 0 Å². The molecule has 0 aliphatic carbocycles. The molecule has 0 atom stereocenters. The van der Waals surface area contributed by atoms with Gasteiger partial charge in [-0.1, -0.05) is 66.7 Å². The fraction of sp³-hybridized carbons (Fsp3) is 0.0952. The zero-order valence-corrected chi connectivity index (χ0v) is 15.0. The van der Waals surface area contributed by atoms with E-state index in [9.17, 15) is 4.79 Å². The Bertz CT molecular complexity index is 834. The fourth-order valence-corrected chi connectivity index (χ4v) is 3.04. The lowest BCUT2D eigenvalue weighted by atomic mass is 10.0. The summed E-state index contributed by atoms with van der Waals surface area (Å²) in [6.07, 6.45) is 0. The Morgan fingerprint density at radius 2 is 1.46 bits per heavy atom. The maximum atomic E-state index is 10.6. The number of amides is 2. The van der Waals surface area contributed by atoms with Crippen LogP contribution in [0.1, 0.15) is 11.1 Å². The smallest absolute Gasteiger partial charge is 0.322 e. The van der Waals surface area contributed by atoms with Crippen molar-refractivity contribution < 1.29 is 9.53 Å². The second-order valence-corrected chi connectivity index (χ2v) is 6.53. The number of benzene rings is 3.